The van der Waals surface area contributed by atoms with Crippen molar-refractivity contribution in [3.05, 3.63) is 0 Å². The average molecular weight is 254 g/mol. The molecule has 0 saturated heterocycles. The summed E-state index contributed by atoms with van der Waals surface area (Å²) in [7, 11) is 4.41. The van der Waals surface area contributed by atoms with Crippen molar-refractivity contribution < 1.29 is 0 Å². The van der Waals surface area contributed by atoms with Gasteiger partial charge in [-0.25, -0.2) is 0 Å². The van der Waals surface area contributed by atoms with E-state index in [0.717, 1.165) is 5.92 Å². The fourth-order valence-electron chi connectivity index (χ4n) is 3.88. The summed E-state index contributed by atoms with van der Waals surface area (Å²) >= 11 is 0. The summed E-state index contributed by atoms with van der Waals surface area (Å²) in [5, 5.41) is 3.59. The van der Waals surface area contributed by atoms with Crippen LogP contribution in [0, 0.1) is 16.7 Å². The highest BCUT2D eigenvalue weighted by molar-refractivity contribution is 4.93. The largest absolute Gasteiger partial charge is 0.316 e. The van der Waals surface area contributed by atoms with Crippen LogP contribution in [0.1, 0.15) is 53.9 Å². The van der Waals surface area contributed by atoms with Crippen molar-refractivity contribution >= 4 is 0 Å². The minimum atomic E-state index is 0.397. The van der Waals surface area contributed by atoms with Gasteiger partial charge in [0.2, 0.25) is 0 Å². The van der Waals surface area contributed by atoms with Gasteiger partial charge >= 0.3 is 0 Å². The van der Waals surface area contributed by atoms with Gasteiger partial charge in [-0.05, 0) is 43.7 Å². The van der Waals surface area contributed by atoms with E-state index in [1.165, 1.54) is 32.4 Å². The second kappa shape index (κ2) is 5.92. The van der Waals surface area contributed by atoms with E-state index in [9.17, 15) is 0 Å². The molecule has 2 atom stereocenters. The number of rotatable bonds is 4. The first kappa shape index (κ1) is 16.0. The molecule has 0 bridgehead atoms. The van der Waals surface area contributed by atoms with Crippen LogP contribution in [-0.4, -0.2) is 38.1 Å². The first-order valence-electron chi connectivity index (χ1n) is 7.51. The zero-order chi connectivity index (χ0) is 14.0. The highest BCUT2D eigenvalue weighted by Gasteiger charge is 2.38. The molecular weight excluding hydrogens is 220 g/mol. The molecule has 0 aliphatic heterocycles. The molecule has 1 aliphatic carbocycles. The van der Waals surface area contributed by atoms with Gasteiger partial charge < -0.3 is 10.2 Å². The smallest absolute Gasteiger partial charge is 0.0156 e. The second-order valence-electron chi connectivity index (χ2n) is 8.16. The maximum absolute atomic E-state index is 3.59. The van der Waals surface area contributed by atoms with Crippen molar-refractivity contribution in [2.75, 3.05) is 27.2 Å². The van der Waals surface area contributed by atoms with Crippen LogP contribution in [0.5, 0.6) is 0 Å². The van der Waals surface area contributed by atoms with Crippen molar-refractivity contribution in [3.63, 3.8) is 0 Å². The van der Waals surface area contributed by atoms with Crippen LogP contribution in [0.4, 0.5) is 0 Å². The quantitative estimate of drug-likeness (QED) is 0.827. The van der Waals surface area contributed by atoms with E-state index in [1.807, 2.05) is 0 Å². The lowest BCUT2D eigenvalue weighted by Gasteiger charge is -2.45. The normalized spacial score (nSPS) is 28.7. The first-order valence-corrected chi connectivity index (χ1v) is 7.51. The molecule has 2 unspecified atom stereocenters. The van der Waals surface area contributed by atoms with Gasteiger partial charge in [0.25, 0.3) is 0 Å². The van der Waals surface area contributed by atoms with Crippen molar-refractivity contribution in [1.29, 1.82) is 0 Å². The van der Waals surface area contributed by atoms with Crippen molar-refractivity contribution in [3.8, 4) is 0 Å². The maximum atomic E-state index is 3.59. The highest BCUT2D eigenvalue weighted by Crippen LogP contribution is 2.39. The molecule has 1 fully saturated rings. The van der Waals surface area contributed by atoms with E-state index in [2.05, 4.69) is 58.9 Å². The van der Waals surface area contributed by atoms with E-state index in [4.69, 9.17) is 0 Å². The van der Waals surface area contributed by atoms with Gasteiger partial charge in [0.1, 0.15) is 0 Å². The van der Waals surface area contributed by atoms with E-state index in [1.54, 1.807) is 0 Å². The number of hydrogen-bond acceptors (Lipinski definition) is 2. The predicted octanol–water partition coefficient (Wildman–Crippen LogP) is 3.38. The van der Waals surface area contributed by atoms with Gasteiger partial charge in [-0.15, -0.1) is 0 Å². The van der Waals surface area contributed by atoms with Crippen molar-refractivity contribution in [2.45, 2.75) is 59.9 Å². The Morgan fingerprint density at radius 1 is 1.28 bits per heavy atom. The number of hydrogen-bond donors (Lipinski definition) is 1. The maximum Gasteiger partial charge on any atom is 0.0156 e. The van der Waals surface area contributed by atoms with E-state index in [-0.39, 0.29) is 0 Å². The molecule has 2 heteroatoms. The summed E-state index contributed by atoms with van der Waals surface area (Å²) in [4.78, 5) is 2.52. The number of nitrogens with zero attached hydrogens (tertiary/aromatic N) is 1. The highest BCUT2D eigenvalue weighted by atomic mass is 15.1. The number of nitrogens with one attached hydrogen (secondary N) is 1. The topological polar surface area (TPSA) is 15.3 Å². The van der Waals surface area contributed by atoms with Crippen LogP contribution in [0.3, 0.4) is 0 Å². The van der Waals surface area contributed by atoms with E-state index >= 15 is 0 Å². The average Bonchev–Trinajstić information content (AvgIpc) is 2.13. The second-order valence-corrected chi connectivity index (χ2v) is 8.16. The van der Waals surface area contributed by atoms with Crippen molar-refractivity contribution in [2.24, 2.45) is 16.7 Å². The van der Waals surface area contributed by atoms with Crippen LogP contribution < -0.4 is 5.32 Å². The summed E-state index contributed by atoms with van der Waals surface area (Å²) in [5.74, 6) is 0.797. The zero-order valence-electron chi connectivity index (χ0n) is 13.6. The SMILES string of the molecule is CNC1C(CN(C)CC(C)(C)C)CCCC1(C)C. The molecule has 0 radical (unpaired) electrons. The lowest BCUT2D eigenvalue weighted by atomic mass is 9.68. The van der Waals surface area contributed by atoms with Crippen LogP contribution in [0.15, 0.2) is 0 Å². The molecule has 0 aromatic heterocycles. The summed E-state index contributed by atoms with van der Waals surface area (Å²) in [6, 6.07) is 0.661. The Morgan fingerprint density at radius 3 is 2.39 bits per heavy atom. The molecule has 0 aromatic carbocycles. The lowest BCUT2D eigenvalue weighted by molar-refractivity contribution is 0.0816. The molecular formula is C16H34N2. The molecule has 1 aliphatic rings. The van der Waals surface area contributed by atoms with Gasteiger partial charge in [0.05, 0.1) is 0 Å². The third-order valence-corrected chi connectivity index (χ3v) is 4.31. The minimum Gasteiger partial charge on any atom is -0.316 e. The van der Waals surface area contributed by atoms with E-state index < -0.39 is 0 Å². The Bertz CT molecular complexity index is 252. The Balaban J connectivity index is 2.59. The Morgan fingerprint density at radius 2 is 1.89 bits per heavy atom. The summed E-state index contributed by atoms with van der Waals surface area (Å²) in [6.45, 7) is 14.2. The molecule has 0 spiro atoms. The third kappa shape index (κ3) is 4.55. The molecule has 1 rings (SSSR count). The molecule has 0 amide bonds. The fourth-order valence-corrected chi connectivity index (χ4v) is 3.88. The van der Waals surface area contributed by atoms with Gasteiger partial charge in [0, 0.05) is 19.1 Å². The minimum absolute atomic E-state index is 0.397. The van der Waals surface area contributed by atoms with Crippen LogP contribution >= 0.6 is 0 Å². The van der Waals surface area contributed by atoms with E-state index in [0.29, 0.717) is 16.9 Å². The molecule has 108 valence electrons. The molecule has 0 aromatic rings. The molecule has 0 heterocycles. The Hall–Kier alpha value is -0.0800. The summed E-state index contributed by atoms with van der Waals surface area (Å²) in [5.41, 5.74) is 0.842. The molecule has 1 saturated carbocycles. The monoisotopic (exact) mass is 254 g/mol. The van der Waals surface area contributed by atoms with Crippen LogP contribution in [0.2, 0.25) is 0 Å². The molecule has 18 heavy (non-hydrogen) atoms. The third-order valence-electron chi connectivity index (χ3n) is 4.31. The molecule has 1 N–H and O–H groups in total. The summed E-state index contributed by atoms with van der Waals surface area (Å²) in [6.07, 6.45) is 4.13. The zero-order valence-corrected chi connectivity index (χ0v) is 13.6. The van der Waals surface area contributed by atoms with Crippen molar-refractivity contribution in [1.82, 2.24) is 10.2 Å². The predicted molar refractivity (Wildman–Crippen MR) is 80.9 cm³/mol. The van der Waals surface area contributed by atoms with Crippen LogP contribution in [0.25, 0.3) is 0 Å². The van der Waals surface area contributed by atoms with Gasteiger partial charge in [-0.2, -0.15) is 0 Å². The molecule has 2 nitrogen and oxygen atoms in total. The first-order chi connectivity index (χ1) is 8.15. The Kier molecular flexibility index (Phi) is 5.25. The van der Waals surface area contributed by atoms with Crippen LogP contribution in [-0.2, 0) is 0 Å². The van der Waals surface area contributed by atoms with Gasteiger partial charge in [-0.1, -0.05) is 41.0 Å². The van der Waals surface area contributed by atoms with Gasteiger partial charge in [-0.3, -0.25) is 0 Å². The Labute approximate surface area is 115 Å². The standard InChI is InChI=1S/C16H34N2/c1-15(2,3)12-18(7)11-13-9-8-10-16(4,5)14(13)17-6/h13-14,17H,8-12H2,1-7H3. The fraction of sp³-hybridized carbons (Fsp3) is 1.00. The summed E-state index contributed by atoms with van der Waals surface area (Å²) < 4.78 is 0. The van der Waals surface area contributed by atoms with Gasteiger partial charge in [0.15, 0.2) is 0 Å². The lowest BCUT2D eigenvalue weighted by Crippen LogP contribution is -2.51.